The number of halogens is 1. The van der Waals surface area contributed by atoms with Gasteiger partial charge in [0.25, 0.3) is 0 Å². The van der Waals surface area contributed by atoms with Crippen molar-refractivity contribution in [3.05, 3.63) is 89.6 Å². The van der Waals surface area contributed by atoms with Crippen molar-refractivity contribution in [3.63, 3.8) is 0 Å². The van der Waals surface area contributed by atoms with E-state index in [-0.39, 0.29) is 18.4 Å². The number of fused-ring (bicyclic) bond motifs is 1. The number of hydrogen-bond acceptors (Lipinski definition) is 4. The second kappa shape index (κ2) is 10.3. The number of para-hydroxylation sites is 1. The van der Waals surface area contributed by atoms with Crippen LogP contribution in [-0.2, 0) is 16.0 Å². The number of hydrogen-bond donors (Lipinski definition) is 1. The number of benzene rings is 2. The summed E-state index contributed by atoms with van der Waals surface area (Å²) in [6, 6.07) is 17.4. The van der Waals surface area contributed by atoms with Crippen molar-refractivity contribution in [1.29, 1.82) is 0 Å². The van der Waals surface area contributed by atoms with Crippen LogP contribution in [0.1, 0.15) is 37.0 Å². The minimum atomic E-state index is -0.419. The van der Waals surface area contributed by atoms with Crippen LogP contribution in [0.4, 0.5) is 0 Å². The molecule has 2 heterocycles. The number of nitrogens with zero attached hydrogens (tertiary/aromatic N) is 1. The zero-order valence-corrected chi connectivity index (χ0v) is 19.1. The lowest BCUT2D eigenvalue weighted by molar-refractivity contribution is -0.151. The minimum Gasteiger partial charge on any atom is -0.456 e. The van der Waals surface area contributed by atoms with Crippen molar-refractivity contribution in [3.8, 4) is 0 Å². The van der Waals surface area contributed by atoms with Gasteiger partial charge < -0.3 is 10.1 Å². The van der Waals surface area contributed by atoms with Crippen LogP contribution in [0.3, 0.4) is 0 Å². The molecule has 0 amide bonds. The molecule has 4 rings (SSSR count). The smallest absolute Gasteiger partial charge is 0.310 e. The summed E-state index contributed by atoms with van der Waals surface area (Å²) in [4.78, 5) is 17.6. The monoisotopic (exact) mass is 448 g/mol. The molecule has 4 nitrogen and oxygen atoms in total. The third kappa shape index (κ3) is 4.87. The Labute approximate surface area is 194 Å². The van der Waals surface area contributed by atoms with Gasteiger partial charge in [0.2, 0.25) is 0 Å². The molecule has 0 bridgehead atoms. The first-order chi connectivity index (χ1) is 15.6. The third-order valence-electron chi connectivity index (χ3n) is 6.51. The molecular formula is C27H29ClN2O2. The zero-order valence-electron chi connectivity index (χ0n) is 18.3. The molecule has 4 atom stereocenters. The van der Waals surface area contributed by atoms with Crippen LogP contribution in [0.2, 0.25) is 5.02 Å². The molecule has 3 aromatic rings. The summed E-state index contributed by atoms with van der Waals surface area (Å²) in [6.07, 6.45) is 5.52. The van der Waals surface area contributed by atoms with E-state index in [4.69, 9.17) is 16.3 Å². The van der Waals surface area contributed by atoms with Crippen molar-refractivity contribution in [1.82, 2.24) is 10.3 Å². The van der Waals surface area contributed by atoms with Crippen LogP contribution >= 0.6 is 11.6 Å². The van der Waals surface area contributed by atoms with Gasteiger partial charge in [-0.05, 0) is 42.0 Å². The van der Waals surface area contributed by atoms with Crippen LogP contribution in [0.15, 0.2) is 73.4 Å². The number of carbonyl (C=O) groups excluding carboxylic acids is 1. The van der Waals surface area contributed by atoms with Crippen LogP contribution in [0, 0.1) is 11.8 Å². The maximum absolute atomic E-state index is 13.1. The van der Waals surface area contributed by atoms with E-state index in [0.29, 0.717) is 16.9 Å². The van der Waals surface area contributed by atoms with Gasteiger partial charge in [0.15, 0.2) is 0 Å². The summed E-state index contributed by atoms with van der Waals surface area (Å²) in [5, 5.41) is 5.21. The molecule has 0 unspecified atom stereocenters. The Hall–Kier alpha value is -2.69. The van der Waals surface area contributed by atoms with Crippen molar-refractivity contribution in [2.45, 2.75) is 38.3 Å². The van der Waals surface area contributed by atoms with Gasteiger partial charge in [-0.3, -0.25) is 9.78 Å². The number of esters is 1. The van der Waals surface area contributed by atoms with E-state index in [1.165, 1.54) is 0 Å². The fourth-order valence-electron chi connectivity index (χ4n) is 4.72. The number of pyridine rings is 1. The van der Waals surface area contributed by atoms with E-state index in [0.717, 1.165) is 41.4 Å². The molecule has 0 spiro atoms. The van der Waals surface area contributed by atoms with Gasteiger partial charge >= 0.3 is 5.97 Å². The summed E-state index contributed by atoms with van der Waals surface area (Å²) in [5.41, 5.74) is 2.64. The summed E-state index contributed by atoms with van der Waals surface area (Å²) >= 11 is 6.28. The van der Waals surface area contributed by atoms with Gasteiger partial charge in [-0.2, -0.15) is 0 Å². The zero-order chi connectivity index (χ0) is 22.5. The fraction of sp³-hybridized carbons (Fsp3) is 0.333. The first-order valence-corrected chi connectivity index (χ1v) is 11.6. The molecule has 0 saturated carbocycles. The van der Waals surface area contributed by atoms with E-state index in [9.17, 15) is 4.79 Å². The summed E-state index contributed by atoms with van der Waals surface area (Å²) < 4.78 is 6.19. The molecule has 1 saturated heterocycles. The second-order valence-corrected chi connectivity index (χ2v) is 8.82. The average molecular weight is 449 g/mol. The SMILES string of the molecule is C=C[C@H]1CN[C@@H]([C@@H](OC(=O)Cc2ccccc2Cl)c2ccnc3ccccc23)C[C@@H]1CC. The average Bonchev–Trinajstić information content (AvgIpc) is 2.83. The number of nitrogens with one attached hydrogen (secondary N) is 1. The van der Waals surface area contributed by atoms with Gasteiger partial charge in [-0.15, -0.1) is 6.58 Å². The number of piperidine rings is 1. The molecule has 1 aliphatic heterocycles. The fourth-order valence-corrected chi connectivity index (χ4v) is 4.93. The lowest BCUT2D eigenvalue weighted by atomic mass is 9.79. The standard InChI is InChI=1S/C27H29ClN2O2/c1-3-18-15-25(30-17-19(18)4-2)27(22-13-14-29-24-12-8-6-10-21(22)24)32-26(31)16-20-9-5-7-11-23(20)28/h4-14,18-19,25,27,30H,2-3,15-17H2,1H3/t18-,19-,25+,27-/m0/s1. The highest BCUT2D eigenvalue weighted by Crippen LogP contribution is 2.36. The van der Waals surface area contributed by atoms with Crippen LogP contribution < -0.4 is 5.32 Å². The Kier molecular flexibility index (Phi) is 7.23. The lowest BCUT2D eigenvalue weighted by Crippen LogP contribution is -2.47. The number of ether oxygens (including phenoxy) is 1. The number of rotatable bonds is 7. The van der Waals surface area contributed by atoms with Gasteiger partial charge in [0, 0.05) is 34.8 Å². The molecule has 0 aliphatic carbocycles. The van der Waals surface area contributed by atoms with Gasteiger partial charge in [-0.1, -0.05) is 67.4 Å². The predicted molar refractivity (Wildman–Crippen MR) is 130 cm³/mol. The van der Waals surface area contributed by atoms with E-state index in [1.54, 1.807) is 12.3 Å². The van der Waals surface area contributed by atoms with Crippen LogP contribution in [-0.4, -0.2) is 23.5 Å². The van der Waals surface area contributed by atoms with Gasteiger partial charge in [0.05, 0.1) is 11.9 Å². The van der Waals surface area contributed by atoms with Crippen LogP contribution in [0.5, 0.6) is 0 Å². The van der Waals surface area contributed by atoms with E-state index in [2.05, 4.69) is 23.8 Å². The van der Waals surface area contributed by atoms with E-state index >= 15 is 0 Å². The van der Waals surface area contributed by atoms with Crippen LogP contribution in [0.25, 0.3) is 10.9 Å². The number of aromatic nitrogens is 1. The minimum absolute atomic E-state index is 0.0113. The topological polar surface area (TPSA) is 51.2 Å². The normalized spacial score (nSPS) is 21.8. The lowest BCUT2D eigenvalue weighted by Gasteiger charge is -2.39. The highest BCUT2D eigenvalue weighted by Gasteiger charge is 2.35. The summed E-state index contributed by atoms with van der Waals surface area (Å²) in [6.45, 7) is 7.05. The summed E-state index contributed by atoms with van der Waals surface area (Å²) in [7, 11) is 0. The largest absolute Gasteiger partial charge is 0.456 e. The second-order valence-electron chi connectivity index (χ2n) is 8.41. The highest BCUT2D eigenvalue weighted by molar-refractivity contribution is 6.31. The Bertz CT molecular complexity index is 1090. The van der Waals surface area contributed by atoms with Crippen molar-refractivity contribution >= 4 is 28.5 Å². The van der Waals surface area contributed by atoms with Gasteiger partial charge in [-0.25, -0.2) is 0 Å². The Morgan fingerprint density at radius 3 is 2.81 bits per heavy atom. The molecule has 5 heteroatoms. The molecule has 0 radical (unpaired) electrons. The quantitative estimate of drug-likeness (QED) is 0.361. The maximum atomic E-state index is 13.1. The van der Waals surface area contributed by atoms with E-state index in [1.807, 2.05) is 54.6 Å². The molecule has 1 N–H and O–H groups in total. The highest BCUT2D eigenvalue weighted by atomic mass is 35.5. The molecule has 1 fully saturated rings. The van der Waals surface area contributed by atoms with Crippen molar-refractivity contribution < 1.29 is 9.53 Å². The van der Waals surface area contributed by atoms with E-state index < -0.39 is 6.10 Å². The molecular weight excluding hydrogens is 420 g/mol. The van der Waals surface area contributed by atoms with Crippen molar-refractivity contribution in [2.75, 3.05) is 6.54 Å². The molecule has 1 aromatic heterocycles. The number of carbonyl (C=O) groups is 1. The molecule has 2 aromatic carbocycles. The third-order valence-corrected chi connectivity index (χ3v) is 6.88. The Morgan fingerprint density at radius 2 is 2.03 bits per heavy atom. The van der Waals surface area contributed by atoms with Crippen molar-refractivity contribution in [2.24, 2.45) is 11.8 Å². The first-order valence-electron chi connectivity index (χ1n) is 11.2. The Balaban J connectivity index is 1.66. The molecule has 1 aliphatic rings. The van der Waals surface area contributed by atoms with Gasteiger partial charge in [0.1, 0.15) is 6.10 Å². The molecule has 166 valence electrons. The summed E-state index contributed by atoms with van der Waals surface area (Å²) in [5.74, 6) is 0.631. The Morgan fingerprint density at radius 1 is 1.25 bits per heavy atom. The predicted octanol–water partition coefficient (Wildman–Crippen LogP) is 5.91. The molecule has 32 heavy (non-hydrogen) atoms. The first kappa shape index (κ1) is 22.5. The maximum Gasteiger partial charge on any atom is 0.310 e.